The third-order valence-electron chi connectivity index (χ3n) is 5.23. The third kappa shape index (κ3) is 4.53. The molecule has 2 amide bonds. The van der Waals surface area contributed by atoms with Crippen molar-refractivity contribution in [1.82, 2.24) is 4.90 Å². The molecule has 0 unspecified atom stereocenters. The number of likely N-dealkylation sites (tertiary alicyclic amines) is 1. The summed E-state index contributed by atoms with van der Waals surface area (Å²) in [4.78, 5) is 27.5. The number of anilines is 1. The summed E-state index contributed by atoms with van der Waals surface area (Å²) in [6.45, 7) is 7.51. The fourth-order valence-corrected chi connectivity index (χ4v) is 3.36. The summed E-state index contributed by atoms with van der Waals surface area (Å²) < 4.78 is 5.93. The van der Waals surface area contributed by atoms with Gasteiger partial charge < -0.3 is 15.0 Å². The van der Waals surface area contributed by atoms with Crippen molar-refractivity contribution < 1.29 is 14.3 Å². The first-order chi connectivity index (χ1) is 13.5. The van der Waals surface area contributed by atoms with Gasteiger partial charge in [-0.2, -0.15) is 0 Å². The number of aryl methyl sites for hydroxylation is 2. The molecule has 2 aromatic carbocycles. The molecule has 0 aliphatic carbocycles. The Morgan fingerprint density at radius 1 is 1.07 bits per heavy atom. The van der Waals surface area contributed by atoms with Gasteiger partial charge >= 0.3 is 0 Å². The summed E-state index contributed by atoms with van der Waals surface area (Å²) in [5.74, 6) is 0.394. The van der Waals surface area contributed by atoms with Gasteiger partial charge in [-0.1, -0.05) is 25.1 Å². The first-order valence-electron chi connectivity index (χ1n) is 9.92. The molecule has 1 saturated heterocycles. The minimum Gasteiger partial charge on any atom is -0.481 e. The van der Waals surface area contributed by atoms with E-state index in [1.807, 2.05) is 56.0 Å². The van der Waals surface area contributed by atoms with Crippen LogP contribution in [-0.4, -0.2) is 35.9 Å². The molecule has 1 atom stereocenters. The first-order valence-corrected chi connectivity index (χ1v) is 9.92. The van der Waals surface area contributed by atoms with E-state index in [4.69, 9.17) is 4.74 Å². The van der Waals surface area contributed by atoms with Crippen molar-refractivity contribution in [3.63, 3.8) is 0 Å². The smallest absolute Gasteiger partial charge is 0.265 e. The molecule has 1 N–H and O–H groups in total. The molecule has 0 radical (unpaired) electrons. The Morgan fingerprint density at radius 3 is 2.46 bits per heavy atom. The highest BCUT2D eigenvalue weighted by Gasteiger charge is 2.24. The molecular formula is C23H28N2O3. The van der Waals surface area contributed by atoms with E-state index in [1.54, 1.807) is 12.1 Å². The number of amides is 2. The van der Waals surface area contributed by atoms with E-state index in [9.17, 15) is 9.59 Å². The van der Waals surface area contributed by atoms with E-state index in [-0.39, 0.29) is 11.8 Å². The molecule has 0 aromatic heterocycles. The van der Waals surface area contributed by atoms with Gasteiger partial charge in [0, 0.05) is 13.1 Å². The average Bonchev–Trinajstić information content (AvgIpc) is 3.23. The Balaban J connectivity index is 1.73. The summed E-state index contributed by atoms with van der Waals surface area (Å²) in [5, 5.41) is 2.90. The maximum absolute atomic E-state index is 12.8. The summed E-state index contributed by atoms with van der Waals surface area (Å²) in [6.07, 6.45) is 1.96. The number of benzene rings is 2. The largest absolute Gasteiger partial charge is 0.481 e. The van der Waals surface area contributed by atoms with Crippen molar-refractivity contribution in [2.45, 2.75) is 46.1 Å². The molecule has 1 aliphatic heterocycles. The number of carbonyl (C=O) groups is 2. The molecule has 0 saturated carbocycles. The predicted molar refractivity (Wildman–Crippen MR) is 111 cm³/mol. The summed E-state index contributed by atoms with van der Waals surface area (Å²) in [5.41, 5.74) is 3.36. The number of rotatable bonds is 6. The molecule has 28 heavy (non-hydrogen) atoms. The molecule has 5 heteroatoms. The number of nitrogens with one attached hydrogen (secondary N) is 1. The standard InChI is InChI=1S/C23H28N2O3/c1-4-21(28-18-12-11-16(2)17(3)15-18)22(26)24-20-10-6-5-9-19(20)23(27)25-13-7-8-14-25/h5-6,9-12,15,21H,4,7-8,13-14H2,1-3H3,(H,24,26)/t21-/m0/s1. The number of carbonyl (C=O) groups excluding carboxylic acids is 2. The van der Waals surface area contributed by atoms with Gasteiger partial charge in [0.1, 0.15) is 5.75 Å². The Bertz CT molecular complexity index is 857. The van der Waals surface area contributed by atoms with E-state index in [0.29, 0.717) is 23.4 Å². The highest BCUT2D eigenvalue weighted by Crippen LogP contribution is 2.22. The lowest BCUT2D eigenvalue weighted by Gasteiger charge is -2.21. The third-order valence-corrected chi connectivity index (χ3v) is 5.23. The lowest BCUT2D eigenvalue weighted by molar-refractivity contribution is -0.122. The van der Waals surface area contributed by atoms with Gasteiger partial charge in [-0.15, -0.1) is 0 Å². The van der Waals surface area contributed by atoms with Crippen LogP contribution in [0.3, 0.4) is 0 Å². The topological polar surface area (TPSA) is 58.6 Å². The number of hydrogen-bond acceptors (Lipinski definition) is 3. The van der Waals surface area contributed by atoms with Gasteiger partial charge in [-0.05, 0) is 68.5 Å². The van der Waals surface area contributed by atoms with Crippen LogP contribution in [0.2, 0.25) is 0 Å². The minimum atomic E-state index is -0.628. The first kappa shape index (κ1) is 19.9. The fourth-order valence-electron chi connectivity index (χ4n) is 3.36. The molecule has 5 nitrogen and oxygen atoms in total. The van der Waals surface area contributed by atoms with Crippen molar-refractivity contribution in [2.24, 2.45) is 0 Å². The SMILES string of the molecule is CC[C@H](Oc1ccc(C)c(C)c1)C(=O)Nc1ccccc1C(=O)N1CCCC1. The Morgan fingerprint density at radius 2 is 1.79 bits per heavy atom. The Labute approximate surface area is 166 Å². The quantitative estimate of drug-likeness (QED) is 0.811. The monoisotopic (exact) mass is 380 g/mol. The van der Waals surface area contributed by atoms with Gasteiger partial charge in [0.15, 0.2) is 6.10 Å². The van der Waals surface area contributed by atoms with Gasteiger partial charge in [-0.3, -0.25) is 9.59 Å². The van der Waals surface area contributed by atoms with Gasteiger partial charge in [-0.25, -0.2) is 0 Å². The predicted octanol–water partition coefficient (Wildman–Crippen LogP) is 4.34. The second kappa shape index (κ2) is 8.91. The zero-order valence-electron chi connectivity index (χ0n) is 16.8. The highest BCUT2D eigenvalue weighted by atomic mass is 16.5. The van der Waals surface area contributed by atoms with E-state index < -0.39 is 6.10 Å². The summed E-state index contributed by atoms with van der Waals surface area (Å²) >= 11 is 0. The van der Waals surface area contributed by atoms with E-state index >= 15 is 0 Å². The lowest BCUT2D eigenvalue weighted by Crippen LogP contribution is -2.34. The maximum atomic E-state index is 12.8. The van der Waals surface area contributed by atoms with Crippen LogP contribution in [0.4, 0.5) is 5.69 Å². The zero-order chi connectivity index (χ0) is 20.1. The lowest BCUT2D eigenvalue weighted by atomic mass is 10.1. The number of hydrogen-bond donors (Lipinski definition) is 1. The van der Waals surface area contributed by atoms with Crippen molar-refractivity contribution in [1.29, 1.82) is 0 Å². The molecule has 0 spiro atoms. The fraction of sp³-hybridized carbons (Fsp3) is 0.391. The molecule has 2 aromatic rings. The van der Waals surface area contributed by atoms with Crippen LogP contribution < -0.4 is 10.1 Å². The molecule has 148 valence electrons. The normalized spacial score (nSPS) is 14.6. The number of ether oxygens (including phenoxy) is 1. The van der Waals surface area contributed by atoms with Crippen molar-refractivity contribution >= 4 is 17.5 Å². The van der Waals surface area contributed by atoms with Crippen molar-refractivity contribution in [3.05, 3.63) is 59.2 Å². The van der Waals surface area contributed by atoms with E-state index in [1.165, 1.54) is 5.56 Å². The van der Waals surface area contributed by atoms with Crippen LogP contribution >= 0.6 is 0 Å². The Hall–Kier alpha value is -2.82. The van der Waals surface area contributed by atoms with E-state index in [0.717, 1.165) is 31.5 Å². The molecule has 3 rings (SSSR count). The second-order valence-corrected chi connectivity index (χ2v) is 7.29. The summed E-state index contributed by atoms with van der Waals surface area (Å²) in [7, 11) is 0. The minimum absolute atomic E-state index is 0.0310. The van der Waals surface area contributed by atoms with Crippen molar-refractivity contribution in [3.8, 4) is 5.75 Å². The van der Waals surface area contributed by atoms with Gasteiger partial charge in [0.2, 0.25) is 0 Å². The van der Waals surface area contributed by atoms with Crippen LogP contribution in [0, 0.1) is 13.8 Å². The number of nitrogens with zero attached hydrogens (tertiary/aromatic N) is 1. The number of para-hydroxylation sites is 1. The van der Waals surface area contributed by atoms with Crippen LogP contribution in [0.25, 0.3) is 0 Å². The van der Waals surface area contributed by atoms with Crippen LogP contribution in [0.1, 0.15) is 47.7 Å². The molecule has 1 aliphatic rings. The zero-order valence-corrected chi connectivity index (χ0v) is 16.8. The van der Waals surface area contributed by atoms with Gasteiger partial charge in [0.05, 0.1) is 11.3 Å². The van der Waals surface area contributed by atoms with Crippen LogP contribution in [0.5, 0.6) is 5.75 Å². The molecule has 1 fully saturated rings. The Kier molecular flexibility index (Phi) is 6.34. The molecule has 1 heterocycles. The molecule has 0 bridgehead atoms. The van der Waals surface area contributed by atoms with Crippen LogP contribution in [0.15, 0.2) is 42.5 Å². The van der Waals surface area contributed by atoms with Crippen LogP contribution in [-0.2, 0) is 4.79 Å². The maximum Gasteiger partial charge on any atom is 0.265 e. The van der Waals surface area contributed by atoms with Crippen molar-refractivity contribution in [2.75, 3.05) is 18.4 Å². The summed E-state index contributed by atoms with van der Waals surface area (Å²) in [6, 6.07) is 13.0. The van der Waals surface area contributed by atoms with E-state index in [2.05, 4.69) is 5.32 Å². The average molecular weight is 380 g/mol. The molecular weight excluding hydrogens is 352 g/mol. The highest BCUT2D eigenvalue weighted by molar-refractivity contribution is 6.04. The van der Waals surface area contributed by atoms with Gasteiger partial charge in [0.25, 0.3) is 11.8 Å². The second-order valence-electron chi connectivity index (χ2n) is 7.29.